The van der Waals surface area contributed by atoms with Crippen molar-refractivity contribution >= 4 is 39.8 Å². The zero-order chi connectivity index (χ0) is 18.7. The predicted octanol–water partition coefficient (Wildman–Crippen LogP) is 4.93. The second-order valence-electron chi connectivity index (χ2n) is 5.42. The second kappa shape index (κ2) is 7.68. The third kappa shape index (κ3) is 3.76. The lowest BCUT2D eigenvalue weighted by Gasteiger charge is -2.08. The molecule has 0 unspecified atom stereocenters. The Hall–Kier alpha value is -2.70. The van der Waals surface area contributed by atoms with Gasteiger partial charge in [0.05, 0.1) is 23.2 Å². The van der Waals surface area contributed by atoms with Gasteiger partial charge in [-0.1, -0.05) is 53.3 Å². The lowest BCUT2D eigenvalue weighted by atomic mass is 10.1. The minimum Gasteiger partial charge on any atom is -0.496 e. The number of ketones is 1. The van der Waals surface area contributed by atoms with E-state index in [0.717, 1.165) is 16.9 Å². The number of nitrogens with zero attached hydrogens (tertiary/aromatic N) is 1. The van der Waals surface area contributed by atoms with Crippen molar-refractivity contribution in [3.05, 3.63) is 64.0 Å². The van der Waals surface area contributed by atoms with Crippen LogP contribution in [0.3, 0.4) is 0 Å². The van der Waals surface area contributed by atoms with Gasteiger partial charge in [-0.25, -0.2) is 4.98 Å². The van der Waals surface area contributed by atoms with Gasteiger partial charge in [0.15, 0.2) is 10.9 Å². The molecule has 7 heteroatoms. The fraction of sp³-hybridized carbons (Fsp3) is 0.105. The van der Waals surface area contributed by atoms with Crippen LogP contribution < -0.4 is 10.1 Å². The summed E-state index contributed by atoms with van der Waals surface area (Å²) in [5.41, 5.74) is 1.66. The van der Waals surface area contributed by atoms with Crippen molar-refractivity contribution < 1.29 is 14.3 Å². The summed E-state index contributed by atoms with van der Waals surface area (Å²) in [4.78, 5) is 29.5. The second-order valence-corrected chi connectivity index (χ2v) is 6.85. The molecule has 0 fully saturated rings. The van der Waals surface area contributed by atoms with E-state index in [9.17, 15) is 9.59 Å². The quantitative estimate of drug-likeness (QED) is 0.631. The predicted molar refractivity (Wildman–Crippen MR) is 104 cm³/mol. The number of amides is 1. The highest BCUT2D eigenvalue weighted by atomic mass is 35.5. The summed E-state index contributed by atoms with van der Waals surface area (Å²) in [7, 11) is 1.48. The number of rotatable bonds is 5. The molecule has 132 valence electrons. The SMILES string of the molecule is COc1ccc(Cl)cc1C(=O)Nc1nc(-c2ccccc2)c(C(C)=O)s1. The number of methoxy groups -OCH3 is 1. The van der Waals surface area contributed by atoms with Crippen LogP contribution >= 0.6 is 22.9 Å². The van der Waals surface area contributed by atoms with Crippen molar-refractivity contribution in [1.82, 2.24) is 4.98 Å². The van der Waals surface area contributed by atoms with Gasteiger partial charge in [0, 0.05) is 17.5 Å². The van der Waals surface area contributed by atoms with Crippen LogP contribution in [0.25, 0.3) is 11.3 Å². The summed E-state index contributed by atoms with van der Waals surface area (Å²) in [6.45, 7) is 1.48. The smallest absolute Gasteiger partial charge is 0.261 e. The van der Waals surface area contributed by atoms with E-state index in [1.54, 1.807) is 12.1 Å². The molecule has 3 rings (SSSR count). The number of halogens is 1. The first kappa shape index (κ1) is 18.1. The van der Waals surface area contributed by atoms with E-state index in [2.05, 4.69) is 10.3 Å². The lowest BCUT2D eigenvalue weighted by Crippen LogP contribution is -2.13. The van der Waals surface area contributed by atoms with Crippen LogP contribution in [0, 0.1) is 0 Å². The van der Waals surface area contributed by atoms with Gasteiger partial charge in [-0.05, 0) is 18.2 Å². The molecule has 1 heterocycles. The molecule has 0 spiro atoms. The summed E-state index contributed by atoms with van der Waals surface area (Å²) < 4.78 is 5.21. The highest BCUT2D eigenvalue weighted by Gasteiger charge is 2.20. The van der Waals surface area contributed by atoms with Crippen molar-refractivity contribution in [3.63, 3.8) is 0 Å². The van der Waals surface area contributed by atoms with Crippen LogP contribution in [0.2, 0.25) is 5.02 Å². The van der Waals surface area contributed by atoms with Crippen LogP contribution in [0.15, 0.2) is 48.5 Å². The Balaban J connectivity index is 1.95. The van der Waals surface area contributed by atoms with E-state index in [4.69, 9.17) is 16.3 Å². The molecule has 0 radical (unpaired) electrons. The molecule has 1 amide bonds. The fourth-order valence-electron chi connectivity index (χ4n) is 2.43. The molecule has 3 aromatic rings. The first-order chi connectivity index (χ1) is 12.5. The lowest BCUT2D eigenvalue weighted by molar-refractivity contribution is 0.101. The van der Waals surface area contributed by atoms with Crippen LogP contribution in [0.5, 0.6) is 5.75 Å². The number of hydrogen-bond donors (Lipinski definition) is 1. The third-order valence-electron chi connectivity index (χ3n) is 3.62. The summed E-state index contributed by atoms with van der Waals surface area (Å²) in [5.74, 6) is -0.117. The molecule has 5 nitrogen and oxygen atoms in total. The highest BCUT2D eigenvalue weighted by Crippen LogP contribution is 2.32. The van der Waals surface area contributed by atoms with E-state index in [1.165, 1.54) is 20.1 Å². The Labute approximate surface area is 159 Å². The summed E-state index contributed by atoms with van der Waals surface area (Å²) in [5, 5.41) is 3.48. The largest absolute Gasteiger partial charge is 0.496 e. The molecule has 0 aliphatic rings. The zero-order valence-electron chi connectivity index (χ0n) is 14.1. The van der Waals surface area contributed by atoms with E-state index in [-0.39, 0.29) is 5.78 Å². The van der Waals surface area contributed by atoms with Crippen molar-refractivity contribution in [2.45, 2.75) is 6.92 Å². The number of thiazole rings is 1. The van der Waals surface area contributed by atoms with Gasteiger partial charge in [-0.15, -0.1) is 0 Å². The minimum atomic E-state index is -0.409. The van der Waals surface area contributed by atoms with Gasteiger partial charge in [-0.2, -0.15) is 0 Å². The number of carbonyl (C=O) groups excluding carboxylic acids is 2. The van der Waals surface area contributed by atoms with Crippen molar-refractivity contribution in [2.75, 3.05) is 12.4 Å². The molecule has 1 aromatic heterocycles. The maximum absolute atomic E-state index is 12.6. The Morgan fingerprint density at radius 3 is 2.54 bits per heavy atom. The van der Waals surface area contributed by atoms with Gasteiger partial charge < -0.3 is 4.74 Å². The number of benzene rings is 2. The minimum absolute atomic E-state index is 0.109. The number of anilines is 1. The molecule has 0 aliphatic carbocycles. The van der Waals surface area contributed by atoms with E-state index >= 15 is 0 Å². The molecule has 0 saturated heterocycles. The maximum atomic E-state index is 12.6. The molecule has 1 N–H and O–H groups in total. The van der Waals surface area contributed by atoms with Crippen molar-refractivity contribution in [1.29, 1.82) is 0 Å². The third-order valence-corrected chi connectivity index (χ3v) is 4.93. The molecule has 2 aromatic carbocycles. The van der Waals surface area contributed by atoms with Crippen LogP contribution in [0.4, 0.5) is 5.13 Å². The molecular formula is C19H15ClN2O3S. The monoisotopic (exact) mass is 386 g/mol. The Morgan fingerprint density at radius 2 is 1.88 bits per heavy atom. The van der Waals surface area contributed by atoms with Crippen LogP contribution in [0.1, 0.15) is 27.0 Å². The average molecular weight is 387 g/mol. The number of aromatic nitrogens is 1. The number of hydrogen-bond acceptors (Lipinski definition) is 5. The number of Topliss-reactive ketones (excluding diaryl/α,β-unsaturated/α-hetero) is 1. The fourth-order valence-corrected chi connectivity index (χ4v) is 3.48. The summed E-state index contributed by atoms with van der Waals surface area (Å²) in [6.07, 6.45) is 0. The Kier molecular flexibility index (Phi) is 5.35. The van der Waals surface area contributed by atoms with Crippen LogP contribution in [-0.4, -0.2) is 23.8 Å². The molecule has 0 saturated carbocycles. The first-order valence-corrected chi connectivity index (χ1v) is 8.91. The summed E-state index contributed by atoms with van der Waals surface area (Å²) >= 11 is 7.12. The molecule has 0 bridgehead atoms. The standard InChI is InChI=1S/C19H15ClN2O3S/c1-11(23)17-16(12-6-4-3-5-7-12)21-19(26-17)22-18(24)14-10-13(20)8-9-15(14)25-2/h3-10H,1-2H3,(H,21,22,24). The number of ether oxygens (including phenoxy) is 1. The van der Waals surface area contributed by atoms with Crippen molar-refractivity contribution in [2.24, 2.45) is 0 Å². The number of carbonyl (C=O) groups is 2. The average Bonchev–Trinajstić information content (AvgIpc) is 3.06. The first-order valence-electron chi connectivity index (χ1n) is 7.71. The Morgan fingerprint density at radius 1 is 1.15 bits per heavy atom. The summed E-state index contributed by atoms with van der Waals surface area (Å²) in [6, 6.07) is 14.1. The maximum Gasteiger partial charge on any atom is 0.261 e. The zero-order valence-corrected chi connectivity index (χ0v) is 15.6. The van der Waals surface area contributed by atoms with Gasteiger partial charge in [-0.3, -0.25) is 14.9 Å². The Bertz CT molecular complexity index is 970. The van der Waals surface area contributed by atoms with E-state index in [0.29, 0.717) is 32.0 Å². The highest BCUT2D eigenvalue weighted by molar-refractivity contribution is 7.18. The van der Waals surface area contributed by atoms with Gasteiger partial charge in [0.1, 0.15) is 5.75 Å². The van der Waals surface area contributed by atoms with Gasteiger partial charge in [0.25, 0.3) is 5.91 Å². The normalized spacial score (nSPS) is 10.4. The van der Waals surface area contributed by atoms with E-state index < -0.39 is 5.91 Å². The molecule has 0 atom stereocenters. The number of nitrogens with one attached hydrogen (secondary N) is 1. The van der Waals surface area contributed by atoms with Crippen molar-refractivity contribution in [3.8, 4) is 17.0 Å². The van der Waals surface area contributed by atoms with Crippen LogP contribution in [-0.2, 0) is 0 Å². The van der Waals surface area contributed by atoms with Gasteiger partial charge >= 0.3 is 0 Å². The molecular weight excluding hydrogens is 372 g/mol. The molecule has 0 aliphatic heterocycles. The van der Waals surface area contributed by atoms with Gasteiger partial charge in [0.2, 0.25) is 0 Å². The van der Waals surface area contributed by atoms with E-state index in [1.807, 2.05) is 30.3 Å². The molecule has 26 heavy (non-hydrogen) atoms. The topological polar surface area (TPSA) is 68.3 Å².